The van der Waals surface area contributed by atoms with Gasteiger partial charge in [-0.1, -0.05) is 35.5 Å². The molecule has 0 unspecified atom stereocenters. The fourth-order valence-corrected chi connectivity index (χ4v) is 3.93. The van der Waals surface area contributed by atoms with Gasteiger partial charge in [0, 0.05) is 19.6 Å². The van der Waals surface area contributed by atoms with E-state index in [-0.39, 0.29) is 11.2 Å². The van der Waals surface area contributed by atoms with Gasteiger partial charge in [-0.15, -0.1) is 10.2 Å². The summed E-state index contributed by atoms with van der Waals surface area (Å²) in [5, 5.41) is 12.6. The van der Waals surface area contributed by atoms with Crippen molar-refractivity contribution in [2.24, 2.45) is 0 Å². The Morgan fingerprint density at radius 2 is 2.04 bits per heavy atom. The smallest absolute Gasteiger partial charge is 0.233 e. The molecule has 3 rings (SSSR count). The topological polar surface area (TPSA) is 63.1 Å². The van der Waals surface area contributed by atoms with E-state index in [1.165, 1.54) is 11.8 Å². The van der Waals surface area contributed by atoms with Gasteiger partial charge in [0.2, 0.25) is 11.9 Å². The Morgan fingerprint density at radius 3 is 2.72 bits per heavy atom. The van der Waals surface area contributed by atoms with Crippen LogP contribution in [0.4, 0.5) is 5.95 Å². The summed E-state index contributed by atoms with van der Waals surface area (Å²) < 4.78 is 1.97. The number of carbonyl (C=O) groups excluding carboxylic acids is 1. The number of benzene rings is 1. The molecule has 1 aromatic carbocycles. The lowest BCUT2D eigenvalue weighted by molar-refractivity contribution is -0.120. The van der Waals surface area contributed by atoms with Crippen molar-refractivity contribution in [3.05, 3.63) is 29.3 Å². The largest absolute Gasteiger partial charge is 0.355 e. The van der Waals surface area contributed by atoms with Gasteiger partial charge in [-0.2, -0.15) is 0 Å². The minimum atomic E-state index is -0.267. The molecule has 2 aromatic rings. The molecule has 1 N–H and O–H groups in total. The number of halogens is 1. The molecule has 1 amide bonds. The molecule has 6 nitrogen and oxygen atoms in total. The van der Waals surface area contributed by atoms with E-state index in [1.807, 2.05) is 42.7 Å². The van der Waals surface area contributed by atoms with Gasteiger partial charge in [0.15, 0.2) is 5.16 Å². The number of carbonyl (C=O) groups is 1. The molecule has 8 heteroatoms. The summed E-state index contributed by atoms with van der Waals surface area (Å²) in [5.74, 6) is 0.778. The molecule has 1 atom stereocenters. The van der Waals surface area contributed by atoms with Crippen molar-refractivity contribution in [2.75, 3.05) is 24.5 Å². The van der Waals surface area contributed by atoms with Gasteiger partial charge in [-0.25, -0.2) is 0 Å². The van der Waals surface area contributed by atoms with E-state index in [0.717, 1.165) is 37.6 Å². The molecule has 0 radical (unpaired) electrons. The highest BCUT2D eigenvalue weighted by molar-refractivity contribution is 8.00. The molecule has 0 bridgehead atoms. The molecule has 1 aliphatic rings. The minimum absolute atomic E-state index is 0.0102. The van der Waals surface area contributed by atoms with Crippen LogP contribution in [0.25, 0.3) is 5.69 Å². The van der Waals surface area contributed by atoms with Crippen LogP contribution in [0.2, 0.25) is 5.02 Å². The van der Waals surface area contributed by atoms with E-state index in [1.54, 1.807) is 0 Å². The molecule has 0 spiro atoms. The first-order valence-electron chi connectivity index (χ1n) is 8.51. The summed E-state index contributed by atoms with van der Waals surface area (Å²) in [6.07, 6.45) is 2.29. The third-order valence-corrected chi connectivity index (χ3v) is 5.46. The van der Waals surface area contributed by atoms with Crippen molar-refractivity contribution in [1.29, 1.82) is 0 Å². The molecule has 25 heavy (non-hydrogen) atoms. The highest BCUT2D eigenvalue weighted by atomic mass is 35.5. The number of hydrogen-bond acceptors (Lipinski definition) is 5. The number of hydrogen-bond donors (Lipinski definition) is 1. The maximum Gasteiger partial charge on any atom is 0.233 e. The average Bonchev–Trinajstić information content (AvgIpc) is 3.25. The standard InChI is InChI=1S/C17H22ClN5OS/c1-3-19-15(24)12(2)25-17-21-20-16(22-10-6-7-11-22)23(17)14-9-5-4-8-13(14)18/h4-5,8-9,12H,3,6-7,10-11H2,1-2H3,(H,19,24)/t12-/m1/s1. The Morgan fingerprint density at radius 1 is 1.32 bits per heavy atom. The molecule has 134 valence electrons. The number of nitrogens with one attached hydrogen (secondary N) is 1. The Kier molecular flexibility index (Phi) is 5.86. The van der Waals surface area contributed by atoms with Crippen molar-refractivity contribution in [3.63, 3.8) is 0 Å². The van der Waals surface area contributed by atoms with Crippen LogP contribution in [0.3, 0.4) is 0 Å². The SMILES string of the molecule is CCNC(=O)[C@@H](C)Sc1nnc(N2CCCC2)n1-c1ccccc1Cl. The third kappa shape index (κ3) is 3.93. The molecule has 0 saturated carbocycles. The first-order valence-corrected chi connectivity index (χ1v) is 9.77. The molecule has 1 saturated heterocycles. The summed E-state index contributed by atoms with van der Waals surface area (Å²) >= 11 is 7.83. The van der Waals surface area contributed by atoms with E-state index >= 15 is 0 Å². The Hall–Kier alpha value is -1.73. The molecule has 1 fully saturated rings. The lowest BCUT2D eigenvalue weighted by Crippen LogP contribution is -2.30. The second kappa shape index (κ2) is 8.10. The zero-order valence-corrected chi connectivity index (χ0v) is 16.0. The maximum absolute atomic E-state index is 12.1. The predicted octanol–water partition coefficient (Wildman–Crippen LogP) is 3.14. The van der Waals surface area contributed by atoms with Gasteiger partial charge in [-0.05, 0) is 38.8 Å². The van der Waals surface area contributed by atoms with Crippen molar-refractivity contribution >= 4 is 35.2 Å². The number of nitrogens with zero attached hydrogens (tertiary/aromatic N) is 4. The average molecular weight is 380 g/mol. The summed E-state index contributed by atoms with van der Waals surface area (Å²) in [5.41, 5.74) is 0.835. The van der Waals surface area contributed by atoms with Gasteiger partial charge in [0.25, 0.3) is 0 Å². The van der Waals surface area contributed by atoms with Crippen molar-refractivity contribution < 1.29 is 4.79 Å². The van der Waals surface area contributed by atoms with Crippen LogP contribution in [-0.2, 0) is 4.79 Å². The van der Waals surface area contributed by atoms with Crippen LogP contribution in [0, 0.1) is 0 Å². The van der Waals surface area contributed by atoms with Crippen LogP contribution in [0.1, 0.15) is 26.7 Å². The number of para-hydroxylation sites is 1. The third-order valence-electron chi connectivity index (χ3n) is 4.10. The van der Waals surface area contributed by atoms with Crippen LogP contribution >= 0.6 is 23.4 Å². The van der Waals surface area contributed by atoms with Gasteiger partial charge >= 0.3 is 0 Å². The second-order valence-electron chi connectivity index (χ2n) is 5.92. The zero-order chi connectivity index (χ0) is 17.8. The van der Waals surface area contributed by atoms with Gasteiger partial charge in [-0.3, -0.25) is 9.36 Å². The van der Waals surface area contributed by atoms with E-state index in [9.17, 15) is 4.79 Å². The van der Waals surface area contributed by atoms with E-state index in [2.05, 4.69) is 20.4 Å². The Balaban J connectivity index is 1.98. The van der Waals surface area contributed by atoms with E-state index in [4.69, 9.17) is 11.6 Å². The number of thioether (sulfide) groups is 1. The minimum Gasteiger partial charge on any atom is -0.355 e. The normalized spacial score (nSPS) is 15.4. The highest BCUT2D eigenvalue weighted by Crippen LogP contribution is 2.33. The fourth-order valence-electron chi connectivity index (χ4n) is 2.83. The zero-order valence-electron chi connectivity index (χ0n) is 14.4. The number of aromatic nitrogens is 3. The number of amides is 1. The summed E-state index contributed by atoms with van der Waals surface area (Å²) in [6, 6.07) is 7.64. The molecule has 0 aliphatic carbocycles. The van der Waals surface area contributed by atoms with Crippen molar-refractivity contribution in [2.45, 2.75) is 37.1 Å². The van der Waals surface area contributed by atoms with Gasteiger partial charge in [0.1, 0.15) is 0 Å². The molecule has 1 aliphatic heterocycles. The molecule has 1 aromatic heterocycles. The van der Waals surface area contributed by atoms with Crippen molar-refractivity contribution in [1.82, 2.24) is 20.1 Å². The Labute approximate surface area is 156 Å². The van der Waals surface area contributed by atoms with Crippen LogP contribution in [0.5, 0.6) is 0 Å². The molecule has 2 heterocycles. The maximum atomic E-state index is 12.1. The summed E-state index contributed by atoms with van der Waals surface area (Å²) in [7, 11) is 0. The predicted molar refractivity (Wildman–Crippen MR) is 102 cm³/mol. The lowest BCUT2D eigenvalue weighted by Gasteiger charge is -2.19. The van der Waals surface area contributed by atoms with Crippen LogP contribution in [0.15, 0.2) is 29.4 Å². The van der Waals surface area contributed by atoms with E-state index < -0.39 is 0 Å². The van der Waals surface area contributed by atoms with E-state index in [0.29, 0.717) is 16.7 Å². The summed E-state index contributed by atoms with van der Waals surface area (Å²) in [6.45, 7) is 6.31. The van der Waals surface area contributed by atoms with Gasteiger partial charge in [0.05, 0.1) is 16.0 Å². The first kappa shape index (κ1) is 18.1. The van der Waals surface area contributed by atoms with Gasteiger partial charge < -0.3 is 10.2 Å². The highest BCUT2D eigenvalue weighted by Gasteiger charge is 2.25. The lowest BCUT2D eigenvalue weighted by atomic mass is 10.3. The number of anilines is 1. The first-order chi connectivity index (χ1) is 12.1. The monoisotopic (exact) mass is 379 g/mol. The van der Waals surface area contributed by atoms with Crippen LogP contribution < -0.4 is 10.2 Å². The van der Waals surface area contributed by atoms with Crippen LogP contribution in [-0.4, -0.2) is 45.6 Å². The quantitative estimate of drug-likeness (QED) is 0.781. The summed E-state index contributed by atoms with van der Waals surface area (Å²) in [4.78, 5) is 14.3. The number of rotatable bonds is 6. The van der Waals surface area contributed by atoms with Crippen molar-refractivity contribution in [3.8, 4) is 5.69 Å². The molecular weight excluding hydrogens is 358 g/mol. The second-order valence-corrected chi connectivity index (χ2v) is 7.63. The fraction of sp³-hybridized carbons (Fsp3) is 0.471. The Bertz CT molecular complexity index is 744. The molecular formula is C17H22ClN5OS.